The van der Waals surface area contributed by atoms with Crippen molar-refractivity contribution >= 4 is 44.9 Å². The van der Waals surface area contributed by atoms with Crippen molar-refractivity contribution in [1.29, 1.82) is 5.26 Å². The van der Waals surface area contributed by atoms with E-state index in [1.165, 1.54) is 11.3 Å². The summed E-state index contributed by atoms with van der Waals surface area (Å²) in [7, 11) is 0. The molecule has 2 rings (SSSR count). The lowest BCUT2D eigenvalue weighted by Gasteiger charge is -2.36. The summed E-state index contributed by atoms with van der Waals surface area (Å²) >= 11 is 6.49. The molecule has 0 unspecified atom stereocenters. The number of halogens is 1. The molecule has 0 aliphatic carbocycles. The van der Waals surface area contributed by atoms with E-state index in [1.807, 2.05) is 22.6 Å². The predicted octanol–water partition coefficient (Wildman–Crippen LogP) is 3.37. The molecule has 2 heterocycles. The number of rotatable bonds is 2. The number of nitriles is 1. The standard InChI is InChI=1S/C12H13BrN2OS2/c1-17-12(8-14)2-4-15(5-3-12)11(16)9-6-10(13)18-7-9/h6-7H,2-5H2,1H3. The van der Waals surface area contributed by atoms with Crippen LogP contribution in [0.25, 0.3) is 0 Å². The lowest BCUT2D eigenvalue weighted by molar-refractivity contribution is 0.0717. The molecule has 0 aromatic carbocycles. The molecule has 0 radical (unpaired) electrons. The van der Waals surface area contributed by atoms with Gasteiger partial charge in [-0.1, -0.05) is 0 Å². The summed E-state index contributed by atoms with van der Waals surface area (Å²) < 4.78 is 0.671. The number of amides is 1. The molecule has 1 aliphatic rings. The Morgan fingerprint density at radius 1 is 1.61 bits per heavy atom. The Kier molecular flexibility index (Phi) is 4.36. The van der Waals surface area contributed by atoms with Crippen LogP contribution in [0.5, 0.6) is 0 Å². The third-order valence-electron chi connectivity index (χ3n) is 3.27. The summed E-state index contributed by atoms with van der Waals surface area (Å²) in [6, 6.07) is 4.24. The minimum absolute atomic E-state index is 0.0737. The highest BCUT2D eigenvalue weighted by Crippen LogP contribution is 2.34. The van der Waals surface area contributed by atoms with Crippen LogP contribution < -0.4 is 0 Å². The average Bonchev–Trinajstić information content (AvgIpc) is 2.85. The number of thiophene rings is 1. The van der Waals surface area contributed by atoms with Gasteiger partial charge >= 0.3 is 0 Å². The number of likely N-dealkylation sites (tertiary alicyclic amines) is 1. The second kappa shape index (κ2) is 5.64. The topological polar surface area (TPSA) is 44.1 Å². The fraction of sp³-hybridized carbons (Fsp3) is 0.500. The minimum Gasteiger partial charge on any atom is -0.338 e. The number of hydrogen-bond donors (Lipinski definition) is 0. The summed E-state index contributed by atoms with van der Waals surface area (Å²) in [5.74, 6) is 0.0737. The van der Waals surface area contributed by atoms with Gasteiger partial charge in [0.05, 0.1) is 15.4 Å². The van der Waals surface area contributed by atoms with E-state index in [2.05, 4.69) is 22.0 Å². The fourth-order valence-electron chi connectivity index (χ4n) is 2.04. The average molecular weight is 345 g/mol. The number of carbonyl (C=O) groups is 1. The molecular formula is C12H13BrN2OS2. The minimum atomic E-state index is -0.300. The Labute approximate surface area is 123 Å². The van der Waals surface area contributed by atoms with Crippen molar-refractivity contribution in [2.24, 2.45) is 0 Å². The van der Waals surface area contributed by atoms with Gasteiger partial charge in [-0.15, -0.1) is 23.1 Å². The summed E-state index contributed by atoms with van der Waals surface area (Å²) in [5.41, 5.74) is 0.737. The van der Waals surface area contributed by atoms with Crippen LogP contribution in [0.4, 0.5) is 0 Å². The Bertz CT molecular complexity index is 487. The van der Waals surface area contributed by atoms with Crippen molar-refractivity contribution in [3.05, 3.63) is 20.8 Å². The first-order chi connectivity index (χ1) is 8.60. The maximum Gasteiger partial charge on any atom is 0.254 e. The summed E-state index contributed by atoms with van der Waals surface area (Å²) in [6.45, 7) is 1.33. The highest BCUT2D eigenvalue weighted by Gasteiger charge is 2.35. The van der Waals surface area contributed by atoms with Gasteiger partial charge in [-0.2, -0.15) is 5.26 Å². The van der Waals surface area contributed by atoms with Crippen LogP contribution in [0.3, 0.4) is 0 Å². The monoisotopic (exact) mass is 344 g/mol. The molecule has 0 bridgehead atoms. The fourth-order valence-corrected chi connectivity index (χ4v) is 3.85. The summed E-state index contributed by atoms with van der Waals surface area (Å²) in [4.78, 5) is 14.1. The van der Waals surface area contributed by atoms with Gasteiger partial charge in [-0.05, 0) is 41.1 Å². The first-order valence-corrected chi connectivity index (χ1v) is 8.50. The Hall–Kier alpha value is -0.510. The van der Waals surface area contributed by atoms with Crippen LogP contribution in [0.15, 0.2) is 15.2 Å². The summed E-state index contributed by atoms with van der Waals surface area (Å²) in [6.07, 6.45) is 3.47. The third-order valence-corrected chi connectivity index (χ3v) is 6.05. The van der Waals surface area contributed by atoms with Crippen LogP contribution in [-0.2, 0) is 0 Å². The van der Waals surface area contributed by atoms with Gasteiger partial charge in [0.1, 0.15) is 4.75 Å². The van der Waals surface area contributed by atoms with Crippen LogP contribution in [0.1, 0.15) is 23.2 Å². The van der Waals surface area contributed by atoms with E-state index in [0.29, 0.717) is 13.1 Å². The predicted molar refractivity (Wildman–Crippen MR) is 79.0 cm³/mol. The van der Waals surface area contributed by atoms with Crippen LogP contribution in [-0.4, -0.2) is 34.9 Å². The molecule has 1 aliphatic heterocycles. The van der Waals surface area contributed by atoms with Gasteiger partial charge in [0.25, 0.3) is 5.91 Å². The number of nitrogens with zero attached hydrogens (tertiary/aromatic N) is 2. The van der Waals surface area contributed by atoms with Gasteiger partial charge < -0.3 is 4.90 Å². The molecule has 3 nitrogen and oxygen atoms in total. The Morgan fingerprint density at radius 3 is 2.72 bits per heavy atom. The molecule has 0 saturated carbocycles. The van der Waals surface area contributed by atoms with Gasteiger partial charge in [0.2, 0.25) is 0 Å². The molecule has 0 atom stereocenters. The van der Waals surface area contributed by atoms with E-state index in [-0.39, 0.29) is 10.7 Å². The van der Waals surface area contributed by atoms with Crippen LogP contribution in [0.2, 0.25) is 0 Å². The van der Waals surface area contributed by atoms with Crippen LogP contribution in [0, 0.1) is 11.3 Å². The van der Waals surface area contributed by atoms with E-state index in [1.54, 1.807) is 11.8 Å². The number of carbonyl (C=O) groups excluding carboxylic acids is 1. The Balaban J connectivity index is 2.02. The zero-order valence-corrected chi connectivity index (χ0v) is 13.2. The molecule has 6 heteroatoms. The van der Waals surface area contributed by atoms with E-state index >= 15 is 0 Å². The zero-order valence-electron chi connectivity index (χ0n) is 9.98. The van der Waals surface area contributed by atoms with E-state index in [9.17, 15) is 10.1 Å². The maximum atomic E-state index is 12.2. The van der Waals surface area contributed by atoms with Crippen LogP contribution >= 0.6 is 39.0 Å². The van der Waals surface area contributed by atoms with Gasteiger partial charge in [0, 0.05) is 18.5 Å². The molecular weight excluding hydrogens is 332 g/mol. The first kappa shape index (κ1) is 13.9. The zero-order chi connectivity index (χ0) is 13.2. The molecule has 1 amide bonds. The SMILES string of the molecule is CSC1(C#N)CCN(C(=O)c2csc(Br)c2)CC1. The lowest BCUT2D eigenvalue weighted by atomic mass is 9.97. The van der Waals surface area contributed by atoms with E-state index in [4.69, 9.17) is 0 Å². The van der Waals surface area contributed by atoms with E-state index in [0.717, 1.165) is 22.2 Å². The molecule has 18 heavy (non-hydrogen) atoms. The molecule has 0 N–H and O–H groups in total. The highest BCUT2D eigenvalue weighted by molar-refractivity contribution is 9.11. The van der Waals surface area contributed by atoms with E-state index < -0.39 is 0 Å². The van der Waals surface area contributed by atoms with Crippen molar-refractivity contribution in [1.82, 2.24) is 4.90 Å². The normalized spacial score (nSPS) is 18.4. The number of piperidine rings is 1. The van der Waals surface area contributed by atoms with Crippen molar-refractivity contribution in [3.63, 3.8) is 0 Å². The molecule has 0 spiro atoms. The highest BCUT2D eigenvalue weighted by atomic mass is 79.9. The smallest absolute Gasteiger partial charge is 0.254 e. The second-order valence-electron chi connectivity index (χ2n) is 4.24. The maximum absolute atomic E-state index is 12.2. The Morgan fingerprint density at radius 2 is 2.28 bits per heavy atom. The largest absolute Gasteiger partial charge is 0.338 e. The molecule has 1 aromatic heterocycles. The molecule has 1 aromatic rings. The molecule has 96 valence electrons. The van der Waals surface area contributed by atoms with Gasteiger partial charge in [0.15, 0.2) is 0 Å². The first-order valence-electron chi connectivity index (χ1n) is 5.60. The molecule has 1 saturated heterocycles. The van der Waals surface area contributed by atoms with Crippen molar-refractivity contribution in [3.8, 4) is 6.07 Å². The van der Waals surface area contributed by atoms with Gasteiger partial charge in [-0.3, -0.25) is 4.79 Å². The lowest BCUT2D eigenvalue weighted by Crippen LogP contribution is -2.44. The van der Waals surface area contributed by atoms with Crippen molar-refractivity contribution < 1.29 is 4.79 Å². The van der Waals surface area contributed by atoms with Crippen molar-refractivity contribution in [2.75, 3.05) is 19.3 Å². The third kappa shape index (κ3) is 2.73. The van der Waals surface area contributed by atoms with Crippen molar-refractivity contribution in [2.45, 2.75) is 17.6 Å². The number of thioether (sulfide) groups is 1. The second-order valence-corrected chi connectivity index (χ2v) is 7.72. The summed E-state index contributed by atoms with van der Waals surface area (Å²) in [5, 5.41) is 11.1. The number of hydrogen-bond acceptors (Lipinski definition) is 4. The quantitative estimate of drug-likeness (QED) is 0.825. The van der Waals surface area contributed by atoms with Gasteiger partial charge in [-0.25, -0.2) is 0 Å². The molecule has 1 fully saturated rings.